The minimum Gasteiger partial charge on any atom is -0.455 e. The summed E-state index contributed by atoms with van der Waals surface area (Å²) in [6.45, 7) is 0. The van der Waals surface area contributed by atoms with E-state index in [2.05, 4.69) is 206 Å². The molecule has 0 spiro atoms. The first kappa shape index (κ1) is 33.1. The summed E-state index contributed by atoms with van der Waals surface area (Å²) >= 11 is 0. The first-order chi connectivity index (χ1) is 29.8. The average molecular weight is 763 g/mol. The molecule has 60 heavy (non-hydrogen) atoms. The molecule has 0 aliphatic carbocycles. The van der Waals surface area contributed by atoms with Gasteiger partial charge < -0.3 is 8.83 Å². The molecular weight excluding hydrogens is 729 g/mol. The smallest absolute Gasteiger partial charge is 0.143 e. The Labute approximate surface area is 345 Å². The molecule has 0 saturated heterocycles. The highest BCUT2D eigenvalue weighted by Crippen LogP contribution is 2.46. The van der Waals surface area contributed by atoms with Crippen molar-refractivity contribution in [1.82, 2.24) is 0 Å². The lowest BCUT2D eigenvalue weighted by Crippen LogP contribution is -1.91. The standard InChI is InChI=1S/C58H34O2/c1-3-13-43-35(11-1)31-33-49-55-41(19-9-21-51(55)59-57(43)49)37-23-27-39(28-24-37)53-45-15-5-7-17-47(45)54(48-18-8-6-16-46(48)53)40-29-25-38(26-30-40)42-20-10-22-52-56(42)50-34-32-36-12-2-4-14-44(36)58(50)60-52/h1-34H. The lowest BCUT2D eigenvalue weighted by Gasteiger charge is -2.18. The van der Waals surface area contributed by atoms with Gasteiger partial charge in [0.05, 0.1) is 0 Å². The van der Waals surface area contributed by atoms with E-state index in [1.807, 2.05) is 0 Å². The Balaban J connectivity index is 0.932. The molecule has 0 amide bonds. The highest BCUT2D eigenvalue weighted by molar-refractivity contribution is 6.23. The molecule has 0 bridgehead atoms. The van der Waals surface area contributed by atoms with Gasteiger partial charge in [-0.2, -0.15) is 0 Å². The number of hydrogen-bond acceptors (Lipinski definition) is 2. The van der Waals surface area contributed by atoms with E-state index < -0.39 is 0 Å². The Hall–Kier alpha value is -7.94. The van der Waals surface area contributed by atoms with Gasteiger partial charge in [-0.05, 0) is 101 Å². The maximum absolute atomic E-state index is 6.53. The molecule has 0 N–H and O–H groups in total. The van der Waals surface area contributed by atoms with Crippen molar-refractivity contribution in [3.8, 4) is 44.5 Å². The van der Waals surface area contributed by atoms with Crippen molar-refractivity contribution in [2.24, 2.45) is 0 Å². The fourth-order valence-corrected chi connectivity index (χ4v) is 9.97. The van der Waals surface area contributed by atoms with Crippen LogP contribution in [0.1, 0.15) is 0 Å². The Morgan fingerprint density at radius 1 is 0.233 bits per heavy atom. The maximum Gasteiger partial charge on any atom is 0.143 e. The SMILES string of the molecule is c1ccc2c(c1)ccc1c2oc2cccc(-c3ccc(-c4c5ccccc5c(-c5ccc(-c6cccc7oc8c9ccccc9ccc8c67)cc5)c5ccccc45)cc3)c21. The molecule has 278 valence electrons. The normalized spacial score (nSPS) is 12.0. The zero-order valence-corrected chi connectivity index (χ0v) is 32.4. The lowest BCUT2D eigenvalue weighted by molar-refractivity contribution is 0.672. The van der Waals surface area contributed by atoms with Gasteiger partial charge in [-0.25, -0.2) is 0 Å². The van der Waals surface area contributed by atoms with Crippen LogP contribution in [0.3, 0.4) is 0 Å². The largest absolute Gasteiger partial charge is 0.455 e. The summed E-state index contributed by atoms with van der Waals surface area (Å²) in [5.41, 5.74) is 13.3. The van der Waals surface area contributed by atoms with Crippen LogP contribution < -0.4 is 0 Å². The molecule has 2 heterocycles. The third-order valence-electron chi connectivity index (χ3n) is 12.7. The van der Waals surface area contributed by atoms with E-state index in [1.54, 1.807) is 0 Å². The van der Waals surface area contributed by atoms with Crippen molar-refractivity contribution >= 4 is 87.0 Å². The van der Waals surface area contributed by atoms with Crippen LogP contribution in [0.15, 0.2) is 215 Å². The van der Waals surface area contributed by atoms with Crippen molar-refractivity contribution in [3.63, 3.8) is 0 Å². The molecule has 0 saturated carbocycles. The molecule has 13 aromatic rings. The molecule has 0 radical (unpaired) electrons. The summed E-state index contributed by atoms with van der Waals surface area (Å²) in [6.07, 6.45) is 0. The van der Waals surface area contributed by atoms with E-state index in [1.165, 1.54) is 65.7 Å². The van der Waals surface area contributed by atoms with Crippen LogP contribution >= 0.6 is 0 Å². The van der Waals surface area contributed by atoms with Gasteiger partial charge in [0.15, 0.2) is 0 Å². The quantitative estimate of drug-likeness (QED) is 0.167. The van der Waals surface area contributed by atoms with Gasteiger partial charge in [0.2, 0.25) is 0 Å². The summed E-state index contributed by atoms with van der Waals surface area (Å²) in [4.78, 5) is 0. The summed E-state index contributed by atoms with van der Waals surface area (Å²) in [6, 6.07) is 74.5. The van der Waals surface area contributed by atoms with Crippen LogP contribution in [0.4, 0.5) is 0 Å². The zero-order chi connectivity index (χ0) is 39.3. The monoisotopic (exact) mass is 762 g/mol. The zero-order valence-electron chi connectivity index (χ0n) is 32.4. The molecule has 2 nitrogen and oxygen atoms in total. The summed E-state index contributed by atoms with van der Waals surface area (Å²) in [5.74, 6) is 0. The van der Waals surface area contributed by atoms with Crippen LogP contribution in [0, 0.1) is 0 Å². The predicted octanol–water partition coefficient (Wildman–Crippen LogP) is 16.8. The molecule has 11 aromatic carbocycles. The van der Waals surface area contributed by atoms with E-state index in [-0.39, 0.29) is 0 Å². The van der Waals surface area contributed by atoms with Crippen LogP contribution in [-0.4, -0.2) is 0 Å². The van der Waals surface area contributed by atoms with E-state index in [9.17, 15) is 0 Å². The van der Waals surface area contributed by atoms with Crippen LogP contribution in [-0.2, 0) is 0 Å². The number of furan rings is 2. The molecule has 0 atom stereocenters. The van der Waals surface area contributed by atoms with Crippen molar-refractivity contribution in [1.29, 1.82) is 0 Å². The molecule has 0 fully saturated rings. The number of hydrogen-bond donors (Lipinski definition) is 0. The molecule has 13 rings (SSSR count). The number of fused-ring (bicyclic) bond motifs is 12. The number of rotatable bonds is 4. The third kappa shape index (κ3) is 4.82. The molecular formula is C58H34O2. The topological polar surface area (TPSA) is 26.3 Å². The summed E-state index contributed by atoms with van der Waals surface area (Å²) in [5, 5.41) is 14.2. The fourth-order valence-electron chi connectivity index (χ4n) is 9.97. The lowest BCUT2D eigenvalue weighted by atomic mass is 9.85. The van der Waals surface area contributed by atoms with Gasteiger partial charge in [-0.3, -0.25) is 0 Å². The van der Waals surface area contributed by atoms with E-state index >= 15 is 0 Å². The predicted molar refractivity (Wildman–Crippen MR) is 253 cm³/mol. The second-order valence-electron chi connectivity index (χ2n) is 15.9. The Kier molecular flexibility index (Phi) is 7.05. The highest BCUT2D eigenvalue weighted by Gasteiger charge is 2.20. The number of benzene rings is 11. The Bertz CT molecular complexity index is 3550. The summed E-state index contributed by atoms with van der Waals surface area (Å²) < 4.78 is 13.1. The van der Waals surface area contributed by atoms with Crippen molar-refractivity contribution in [2.45, 2.75) is 0 Å². The third-order valence-corrected chi connectivity index (χ3v) is 12.7. The van der Waals surface area contributed by atoms with E-state index in [0.29, 0.717) is 0 Å². The second-order valence-corrected chi connectivity index (χ2v) is 15.9. The van der Waals surface area contributed by atoms with Gasteiger partial charge in [-0.1, -0.05) is 182 Å². The Morgan fingerprint density at radius 2 is 0.583 bits per heavy atom. The average Bonchev–Trinajstić information content (AvgIpc) is 3.91. The minimum atomic E-state index is 0.907. The van der Waals surface area contributed by atoms with Crippen molar-refractivity contribution < 1.29 is 8.83 Å². The minimum absolute atomic E-state index is 0.907. The fraction of sp³-hybridized carbons (Fsp3) is 0. The van der Waals surface area contributed by atoms with E-state index in [4.69, 9.17) is 8.83 Å². The first-order valence-corrected chi connectivity index (χ1v) is 20.6. The Morgan fingerprint density at radius 3 is 0.983 bits per heavy atom. The maximum atomic E-state index is 6.53. The van der Waals surface area contributed by atoms with E-state index in [0.717, 1.165) is 65.8 Å². The van der Waals surface area contributed by atoms with Gasteiger partial charge in [0, 0.05) is 32.3 Å². The van der Waals surface area contributed by atoms with Crippen molar-refractivity contribution in [2.75, 3.05) is 0 Å². The highest BCUT2D eigenvalue weighted by atomic mass is 16.3. The van der Waals surface area contributed by atoms with Gasteiger partial charge >= 0.3 is 0 Å². The van der Waals surface area contributed by atoms with Crippen molar-refractivity contribution in [3.05, 3.63) is 206 Å². The molecule has 2 heteroatoms. The first-order valence-electron chi connectivity index (χ1n) is 20.6. The molecule has 2 aromatic heterocycles. The van der Waals surface area contributed by atoms with Gasteiger partial charge in [0.1, 0.15) is 22.3 Å². The van der Waals surface area contributed by atoms with Crippen LogP contribution in [0.25, 0.3) is 131 Å². The molecule has 0 unspecified atom stereocenters. The second kappa shape index (κ2) is 12.8. The van der Waals surface area contributed by atoms with Gasteiger partial charge in [-0.15, -0.1) is 0 Å². The van der Waals surface area contributed by atoms with Crippen LogP contribution in [0.5, 0.6) is 0 Å². The molecule has 0 aliphatic rings. The van der Waals surface area contributed by atoms with Crippen LogP contribution in [0.2, 0.25) is 0 Å². The molecule has 0 aliphatic heterocycles. The summed E-state index contributed by atoms with van der Waals surface area (Å²) in [7, 11) is 0. The van der Waals surface area contributed by atoms with Gasteiger partial charge in [0.25, 0.3) is 0 Å².